The summed E-state index contributed by atoms with van der Waals surface area (Å²) in [6.07, 6.45) is 9.06. The fraction of sp³-hybridized carbons (Fsp3) is 0.0370. The molecule has 266 valence electrons. The monoisotopic (exact) mass is 716 g/mol. The van der Waals surface area contributed by atoms with Crippen LogP contribution in [0.25, 0.3) is 66.4 Å². The van der Waals surface area contributed by atoms with Crippen LogP contribution in [0.4, 0.5) is 17.1 Å². The molecular formula is C54H40N2. The fourth-order valence-electron chi connectivity index (χ4n) is 8.17. The molecule has 0 unspecified atom stereocenters. The van der Waals surface area contributed by atoms with Gasteiger partial charge in [-0.2, -0.15) is 0 Å². The maximum atomic E-state index is 2.38. The van der Waals surface area contributed by atoms with E-state index in [9.17, 15) is 0 Å². The van der Waals surface area contributed by atoms with Crippen LogP contribution in [-0.2, 0) is 0 Å². The van der Waals surface area contributed by atoms with E-state index in [2.05, 4.69) is 228 Å². The van der Waals surface area contributed by atoms with E-state index in [4.69, 9.17) is 0 Å². The highest BCUT2D eigenvalue weighted by atomic mass is 15.1. The quantitative estimate of drug-likeness (QED) is 0.152. The maximum absolute atomic E-state index is 2.38. The third-order valence-corrected chi connectivity index (χ3v) is 11.1. The van der Waals surface area contributed by atoms with E-state index < -0.39 is 0 Å². The Morgan fingerprint density at radius 1 is 0.357 bits per heavy atom. The van der Waals surface area contributed by atoms with Gasteiger partial charge in [-0.05, 0) is 118 Å². The van der Waals surface area contributed by atoms with Crippen molar-refractivity contribution in [2.24, 2.45) is 0 Å². The second-order valence-corrected chi connectivity index (χ2v) is 14.5. The summed E-state index contributed by atoms with van der Waals surface area (Å²) in [4.78, 5) is 2.36. The zero-order valence-corrected chi connectivity index (χ0v) is 31.1. The van der Waals surface area contributed by atoms with Gasteiger partial charge < -0.3 is 9.47 Å². The van der Waals surface area contributed by atoms with Gasteiger partial charge in [-0.1, -0.05) is 158 Å². The minimum Gasteiger partial charge on any atom is -0.311 e. The van der Waals surface area contributed by atoms with Crippen LogP contribution in [0.3, 0.4) is 0 Å². The third-order valence-electron chi connectivity index (χ3n) is 11.1. The van der Waals surface area contributed by atoms with Crippen molar-refractivity contribution < 1.29 is 0 Å². The molecule has 0 saturated carbocycles. The molecule has 0 radical (unpaired) electrons. The van der Waals surface area contributed by atoms with Crippen LogP contribution in [0.5, 0.6) is 0 Å². The lowest BCUT2D eigenvalue weighted by Gasteiger charge is -2.26. The molecule has 0 aliphatic heterocycles. The molecule has 0 bridgehead atoms. The number of rotatable bonds is 8. The zero-order valence-electron chi connectivity index (χ0n) is 31.1. The summed E-state index contributed by atoms with van der Waals surface area (Å²) in [5, 5.41) is 2.52. The average molecular weight is 717 g/mol. The molecule has 2 heteroatoms. The molecule has 2 nitrogen and oxygen atoms in total. The summed E-state index contributed by atoms with van der Waals surface area (Å²) in [5.41, 5.74) is 16.7. The molecule has 1 aromatic heterocycles. The van der Waals surface area contributed by atoms with Gasteiger partial charge in [-0.3, -0.25) is 0 Å². The van der Waals surface area contributed by atoms with Crippen molar-refractivity contribution in [3.8, 4) is 39.1 Å². The normalized spacial score (nSPS) is 12.5. The van der Waals surface area contributed by atoms with Crippen LogP contribution in [0, 0.1) is 0 Å². The molecule has 8 aromatic carbocycles. The first-order chi connectivity index (χ1) is 27.8. The predicted octanol–water partition coefficient (Wildman–Crippen LogP) is 15.0. The Morgan fingerprint density at radius 2 is 0.821 bits per heavy atom. The van der Waals surface area contributed by atoms with E-state index in [1.807, 2.05) is 0 Å². The minimum absolute atomic E-state index is 1.09. The molecule has 0 atom stereocenters. The van der Waals surface area contributed by atoms with Crippen LogP contribution >= 0.6 is 0 Å². The largest absolute Gasteiger partial charge is 0.311 e. The number of anilines is 3. The summed E-state index contributed by atoms with van der Waals surface area (Å²) in [6.45, 7) is 0. The number of aromatic nitrogens is 1. The average Bonchev–Trinajstić information content (AvgIpc) is 3.62. The lowest BCUT2D eigenvalue weighted by atomic mass is 9.99. The van der Waals surface area contributed by atoms with E-state index in [1.54, 1.807) is 0 Å². The van der Waals surface area contributed by atoms with Crippen LogP contribution < -0.4 is 4.90 Å². The van der Waals surface area contributed by atoms with Gasteiger partial charge >= 0.3 is 0 Å². The summed E-state index contributed by atoms with van der Waals surface area (Å²) < 4.78 is 2.38. The Hall–Kier alpha value is -7.16. The Bertz CT molecular complexity index is 2840. The van der Waals surface area contributed by atoms with Gasteiger partial charge in [0.1, 0.15) is 0 Å². The predicted molar refractivity (Wildman–Crippen MR) is 238 cm³/mol. The lowest BCUT2D eigenvalue weighted by molar-refractivity contribution is 1.04. The van der Waals surface area contributed by atoms with Crippen molar-refractivity contribution in [2.45, 2.75) is 12.8 Å². The topological polar surface area (TPSA) is 8.17 Å². The first-order valence-electron chi connectivity index (χ1n) is 19.5. The molecular weight excluding hydrogens is 677 g/mol. The summed E-state index contributed by atoms with van der Waals surface area (Å²) in [7, 11) is 0. The highest BCUT2D eigenvalue weighted by molar-refractivity contribution is 6.10. The Kier molecular flexibility index (Phi) is 8.70. The van der Waals surface area contributed by atoms with Crippen molar-refractivity contribution in [3.05, 3.63) is 224 Å². The number of allylic oxidation sites excluding steroid dienone is 4. The van der Waals surface area contributed by atoms with Crippen molar-refractivity contribution in [1.82, 2.24) is 4.57 Å². The van der Waals surface area contributed by atoms with Crippen LogP contribution in [0.15, 0.2) is 218 Å². The molecule has 0 saturated heterocycles. The van der Waals surface area contributed by atoms with Crippen molar-refractivity contribution in [2.75, 3.05) is 4.90 Å². The number of hydrogen-bond acceptors (Lipinski definition) is 1. The number of fused-ring (bicyclic) bond motifs is 3. The minimum atomic E-state index is 1.09. The van der Waals surface area contributed by atoms with Crippen molar-refractivity contribution >= 4 is 44.4 Å². The molecule has 1 aliphatic carbocycles. The Morgan fingerprint density at radius 3 is 1.41 bits per heavy atom. The number of nitrogens with zero attached hydrogens (tertiary/aromatic N) is 2. The van der Waals surface area contributed by atoms with Gasteiger partial charge in [-0.25, -0.2) is 0 Å². The van der Waals surface area contributed by atoms with Crippen molar-refractivity contribution in [1.29, 1.82) is 0 Å². The standard InChI is InChI=1S/C54H40N2/c1-4-12-39(13-5-1)41-20-22-42(23-21-41)44-26-33-49(34-27-44)55(48-31-24-43(25-32-48)40-14-6-2-7-15-40)50-35-28-45(29-36-50)46-30-37-52-51-18-10-11-19-53(51)56(54(52)38-46)47-16-8-3-9-17-47/h1,3-6,8-38H,2,7H2. The van der Waals surface area contributed by atoms with Gasteiger partial charge in [0.15, 0.2) is 0 Å². The third kappa shape index (κ3) is 6.32. The second kappa shape index (κ2) is 14.6. The molecule has 0 fully saturated rings. The first-order valence-corrected chi connectivity index (χ1v) is 19.5. The zero-order chi connectivity index (χ0) is 37.3. The molecule has 1 heterocycles. The van der Waals surface area contributed by atoms with Crippen molar-refractivity contribution in [3.63, 3.8) is 0 Å². The van der Waals surface area contributed by atoms with Gasteiger partial charge in [-0.15, -0.1) is 0 Å². The van der Waals surface area contributed by atoms with Gasteiger partial charge in [0, 0.05) is 33.5 Å². The molecule has 56 heavy (non-hydrogen) atoms. The molecule has 0 amide bonds. The number of benzene rings is 8. The van der Waals surface area contributed by atoms with E-state index >= 15 is 0 Å². The molecule has 10 rings (SSSR count). The van der Waals surface area contributed by atoms with E-state index in [0.717, 1.165) is 29.9 Å². The Labute approximate surface area is 328 Å². The number of hydrogen-bond donors (Lipinski definition) is 0. The Balaban J connectivity index is 1.01. The molecule has 0 spiro atoms. The molecule has 1 aliphatic rings. The first kappa shape index (κ1) is 33.4. The van der Waals surface area contributed by atoms with Gasteiger partial charge in [0.25, 0.3) is 0 Å². The summed E-state index contributed by atoms with van der Waals surface area (Å²) >= 11 is 0. The SMILES string of the molecule is C1=CC(c2ccc(N(c3ccc(-c4ccc(-c5ccccc5)cc4)cc3)c3ccc(-c4ccc5c6ccccc6n(-c6ccccc6)c5c4)cc3)cc2)=CCC1. The van der Waals surface area contributed by atoms with E-state index in [1.165, 1.54) is 72.0 Å². The highest BCUT2D eigenvalue weighted by Crippen LogP contribution is 2.39. The van der Waals surface area contributed by atoms with Gasteiger partial charge in [0.05, 0.1) is 11.0 Å². The lowest BCUT2D eigenvalue weighted by Crippen LogP contribution is -2.10. The summed E-state index contributed by atoms with van der Waals surface area (Å²) in [5.74, 6) is 0. The molecule has 0 N–H and O–H groups in total. The maximum Gasteiger partial charge on any atom is 0.0547 e. The van der Waals surface area contributed by atoms with Crippen LogP contribution in [0.1, 0.15) is 18.4 Å². The number of para-hydroxylation sites is 2. The van der Waals surface area contributed by atoms with E-state index in [0.29, 0.717) is 0 Å². The highest BCUT2D eigenvalue weighted by Gasteiger charge is 2.16. The second-order valence-electron chi connectivity index (χ2n) is 14.5. The fourth-order valence-corrected chi connectivity index (χ4v) is 8.17. The van der Waals surface area contributed by atoms with Crippen LogP contribution in [0.2, 0.25) is 0 Å². The smallest absolute Gasteiger partial charge is 0.0547 e. The molecule has 9 aromatic rings. The van der Waals surface area contributed by atoms with E-state index in [-0.39, 0.29) is 0 Å². The van der Waals surface area contributed by atoms with Crippen LogP contribution in [-0.4, -0.2) is 4.57 Å². The van der Waals surface area contributed by atoms with Gasteiger partial charge in [0.2, 0.25) is 0 Å². The summed E-state index contributed by atoms with van der Waals surface area (Å²) in [6, 6.07) is 72.6.